The maximum Gasteiger partial charge on any atom is 0.342 e. The number of hydrogen-bond acceptors (Lipinski definition) is 8. The van der Waals surface area contributed by atoms with E-state index in [4.69, 9.17) is 10.7 Å². The summed E-state index contributed by atoms with van der Waals surface area (Å²) in [6.07, 6.45) is 9.42. The monoisotopic (exact) mass is 382 g/mol. The third-order valence-corrected chi connectivity index (χ3v) is 5.14. The van der Waals surface area contributed by atoms with E-state index in [2.05, 4.69) is 47.5 Å². The van der Waals surface area contributed by atoms with Crippen molar-refractivity contribution in [3.63, 3.8) is 0 Å². The number of nitrogens with two attached hydrogens (primary N) is 1. The molecule has 0 fully saturated rings. The second-order valence-corrected chi connectivity index (χ2v) is 7.21. The highest BCUT2D eigenvalue weighted by molar-refractivity contribution is 5.37. The zero-order valence-electron chi connectivity index (χ0n) is 17.4. The van der Waals surface area contributed by atoms with Gasteiger partial charge in [-0.25, -0.2) is 5.48 Å². The number of unbranched alkanes of at least 4 members (excludes halogenated alkanes) is 2. The van der Waals surface area contributed by atoms with Crippen LogP contribution in [-0.2, 0) is 0 Å². The molecule has 1 aromatic rings. The molecule has 0 amide bonds. The van der Waals surface area contributed by atoms with Crippen LogP contribution in [0.25, 0.3) is 0 Å². The molecular weight excluding hydrogens is 344 g/mol. The molecule has 0 aliphatic heterocycles. The maximum atomic E-state index is 9.23. The van der Waals surface area contributed by atoms with Gasteiger partial charge < -0.3 is 9.74 Å². The van der Waals surface area contributed by atoms with Gasteiger partial charge in [0.1, 0.15) is 0 Å². The first kappa shape index (κ1) is 23.4. The summed E-state index contributed by atoms with van der Waals surface area (Å²) in [5, 5.41) is 9.23. The molecule has 2 unspecified atom stereocenters. The molecule has 2 atom stereocenters. The van der Waals surface area contributed by atoms with Crippen molar-refractivity contribution in [1.29, 1.82) is 0 Å². The first-order valence-electron chi connectivity index (χ1n) is 10.4. The Morgan fingerprint density at radius 1 is 0.963 bits per heavy atom. The number of hydrogen-bond donors (Lipinski definition) is 3. The van der Waals surface area contributed by atoms with Crippen molar-refractivity contribution < 1.29 is 10.0 Å². The highest BCUT2D eigenvalue weighted by atomic mass is 16.6. The highest BCUT2D eigenvalue weighted by Gasteiger charge is 2.21. The van der Waals surface area contributed by atoms with Gasteiger partial charge in [0.05, 0.1) is 0 Å². The lowest BCUT2D eigenvalue weighted by atomic mass is 9.96. The third kappa shape index (κ3) is 8.26. The molecule has 1 rings (SSSR count). The lowest BCUT2D eigenvalue weighted by Gasteiger charge is -2.30. The van der Waals surface area contributed by atoms with Crippen LogP contribution in [0.15, 0.2) is 0 Å². The van der Waals surface area contributed by atoms with Gasteiger partial charge >= 0.3 is 6.01 Å². The van der Waals surface area contributed by atoms with Gasteiger partial charge in [0.15, 0.2) is 0 Å². The average Bonchev–Trinajstić information content (AvgIpc) is 2.72. The predicted octanol–water partition coefficient (Wildman–Crippen LogP) is 4.16. The summed E-state index contributed by atoms with van der Waals surface area (Å²) in [6.45, 7) is 10.7. The minimum absolute atomic E-state index is 0.00948. The van der Waals surface area contributed by atoms with E-state index in [1.54, 1.807) is 0 Å². The standard InChI is InChI=1S/C19H38N6O2/c1-5-9-11-15(7-3)13-25(14-16(8-4)12-10-6-2)18-21-17(24-26)22-19(23-18)27-20/h15-16,26H,5-14,20H2,1-4H3,(H,21,22,23,24). The number of nitrogens with zero attached hydrogens (tertiary/aromatic N) is 4. The highest BCUT2D eigenvalue weighted by Crippen LogP contribution is 2.23. The Balaban J connectivity index is 3.07. The van der Waals surface area contributed by atoms with Crippen LogP contribution >= 0.6 is 0 Å². The fraction of sp³-hybridized carbons (Fsp3) is 0.842. The van der Waals surface area contributed by atoms with Crippen LogP contribution in [0.4, 0.5) is 11.9 Å². The molecule has 0 saturated heterocycles. The fourth-order valence-electron chi connectivity index (χ4n) is 3.29. The van der Waals surface area contributed by atoms with E-state index in [1.807, 2.05) is 5.48 Å². The Morgan fingerprint density at radius 2 is 1.52 bits per heavy atom. The Morgan fingerprint density at radius 3 is 1.93 bits per heavy atom. The normalized spacial score (nSPS) is 13.3. The minimum Gasteiger partial charge on any atom is -0.371 e. The lowest BCUT2D eigenvalue weighted by Crippen LogP contribution is -2.35. The quantitative estimate of drug-likeness (QED) is 0.388. The summed E-state index contributed by atoms with van der Waals surface area (Å²) in [7, 11) is 0. The van der Waals surface area contributed by atoms with Gasteiger partial charge in [-0.05, 0) is 24.7 Å². The van der Waals surface area contributed by atoms with Crippen molar-refractivity contribution in [1.82, 2.24) is 15.0 Å². The van der Waals surface area contributed by atoms with Crippen LogP contribution in [-0.4, -0.2) is 33.2 Å². The zero-order chi connectivity index (χ0) is 20.1. The second-order valence-electron chi connectivity index (χ2n) is 7.21. The van der Waals surface area contributed by atoms with Crippen LogP contribution in [0.2, 0.25) is 0 Å². The van der Waals surface area contributed by atoms with E-state index in [-0.39, 0.29) is 12.0 Å². The molecule has 0 aliphatic rings. The molecule has 1 heterocycles. The van der Waals surface area contributed by atoms with Crippen molar-refractivity contribution in [2.75, 3.05) is 23.5 Å². The summed E-state index contributed by atoms with van der Waals surface area (Å²) in [5.41, 5.74) is 1.98. The van der Waals surface area contributed by atoms with Gasteiger partial charge in [-0.3, -0.25) is 5.21 Å². The number of nitrogens with one attached hydrogen (secondary N) is 1. The molecule has 0 bridgehead atoms. The SMILES string of the molecule is CCCCC(CC)CN(CC(CC)CCCC)c1nc(NO)nc(ON)n1. The van der Waals surface area contributed by atoms with Gasteiger partial charge in [-0.2, -0.15) is 20.8 Å². The Hall–Kier alpha value is -1.67. The van der Waals surface area contributed by atoms with Gasteiger partial charge in [0, 0.05) is 13.1 Å². The van der Waals surface area contributed by atoms with Gasteiger partial charge in [0.25, 0.3) is 5.95 Å². The first-order valence-corrected chi connectivity index (χ1v) is 10.4. The summed E-state index contributed by atoms with van der Waals surface area (Å²) >= 11 is 0. The van der Waals surface area contributed by atoms with Crippen LogP contribution in [0.3, 0.4) is 0 Å². The zero-order valence-corrected chi connectivity index (χ0v) is 17.4. The van der Waals surface area contributed by atoms with E-state index >= 15 is 0 Å². The van der Waals surface area contributed by atoms with Gasteiger partial charge in [-0.1, -0.05) is 66.2 Å². The van der Waals surface area contributed by atoms with E-state index < -0.39 is 0 Å². The first-order chi connectivity index (χ1) is 13.1. The van der Waals surface area contributed by atoms with Crippen molar-refractivity contribution in [2.24, 2.45) is 17.7 Å². The van der Waals surface area contributed by atoms with Crippen molar-refractivity contribution in [3.8, 4) is 6.01 Å². The molecule has 8 nitrogen and oxygen atoms in total. The van der Waals surface area contributed by atoms with Crippen LogP contribution in [0, 0.1) is 11.8 Å². The molecule has 156 valence electrons. The van der Waals surface area contributed by atoms with Crippen molar-refractivity contribution >= 4 is 11.9 Å². The molecule has 0 saturated carbocycles. The topological polar surface area (TPSA) is 109 Å². The van der Waals surface area contributed by atoms with E-state index in [1.165, 1.54) is 38.5 Å². The molecule has 27 heavy (non-hydrogen) atoms. The largest absolute Gasteiger partial charge is 0.371 e. The smallest absolute Gasteiger partial charge is 0.342 e. The number of aromatic nitrogens is 3. The minimum atomic E-state index is -0.00948. The molecule has 8 heteroatoms. The van der Waals surface area contributed by atoms with Crippen LogP contribution < -0.4 is 21.1 Å². The lowest BCUT2D eigenvalue weighted by molar-refractivity contribution is 0.302. The Bertz CT molecular complexity index is 477. The Kier molecular flexibility index (Phi) is 11.7. The van der Waals surface area contributed by atoms with Gasteiger partial charge in [0.2, 0.25) is 5.95 Å². The summed E-state index contributed by atoms with van der Waals surface area (Å²) in [5.74, 6) is 6.91. The molecule has 1 aromatic heterocycles. The predicted molar refractivity (Wildman–Crippen MR) is 109 cm³/mol. The number of anilines is 2. The average molecular weight is 383 g/mol. The molecule has 0 spiro atoms. The van der Waals surface area contributed by atoms with Crippen LogP contribution in [0.5, 0.6) is 6.01 Å². The van der Waals surface area contributed by atoms with E-state index in [0.29, 0.717) is 17.8 Å². The maximum absolute atomic E-state index is 9.23. The van der Waals surface area contributed by atoms with Gasteiger partial charge in [-0.15, -0.1) is 0 Å². The summed E-state index contributed by atoms with van der Waals surface area (Å²) in [6, 6.07) is -0.00948. The summed E-state index contributed by atoms with van der Waals surface area (Å²) in [4.78, 5) is 19.5. The molecule has 0 aromatic carbocycles. The Labute approximate surface area is 163 Å². The van der Waals surface area contributed by atoms with Crippen LogP contribution in [0.1, 0.15) is 79.1 Å². The second kappa shape index (κ2) is 13.5. The van der Waals surface area contributed by atoms with E-state index in [9.17, 15) is 5.21 Å². The molecular formula is C19H38N6O2. The van der Waals surface area contributed by atoms with Crippen molar-refractivity contribution in [2.45, 2.75) is 79.1 Å². The molecule has 0 radical (unpaired) electrons. The third-order valence-electron chi connectivity index (χ3n) is 5.14. The van der Waals surface area contributed by atoms with Crippen molar-refractivity contribution in [3.05, 3.63) is 0 Å². The number of rotatable bonds is 15. The molecule has 4 N–H and O–H groups in total. The summed E-state index contributed by atoms with van der Waals surface area (Å²) < 4.78 is 0. The molecule has 0 aliphatic carbocycles. The fourth-order valence-corrected chi connectivity index (χ4v) is 3.29. The van der Waals surface area contributed by atoms with E-state index in [0.717, 1.165) is 25.9 Å².